The summed E-state index contributed by atoms with van der Waals surface area (Å²) in [6.45, 7) is 9.39. The minimum Gasteiger partial charge on any atom is -0.481 e. The number of nitrogens with zero attached hydrogens (tertiary/aromatic N) is 2. The first-order chi connectivity index (χ1) is 9.47. The fourth-order valence-electron chi connectivity index (χ4n) is 2.33. The molecule has 0 N–H and O–H groups in total. The van der Waals surface area contributed by atoms with E-state index in [1.807, 2.05) is 30.0 Å². The van der Waals surface area contributed by atoms with Crippen LogP contribution in [0.2, 0.25) is 0 Å². The fraction of sp³-hybridized carbons (Fsp3) is 0.562. The predicted octanol–water partition coefficient (Wildman–Crippen LogP) is 1.84. The van der Waals surface area contributed by atoms with Gasteiger partial charge < -0.3 is 14.5 Å². The number of aryl methyl sites for hydroxylation is 2. The summed E-state index contributed by atoms with van der Waals surface area (Å²) in [5, 5.41) is 0. The Morgan fingerprint density at radius 2 is 1.80 bits per heavy atom. The minimum absolute atomic E-state index is 0.0799. The van der Waals surface area contributed by atoms with E-state index in [2.05, 4.69) is 25.8 Å². The summed E-state index contributed by atoms with van der Waals surface area (Å²) in [6.07, 6.45) is -0.430. The number of amides is 1. The molecule has 0 aliphatic carbocycles. The van der Waals surface area contributed by atoms with E-state index < -0.39 is 6.10 Å². The lowest BCUT2D eigenvalue weighted by atomic mass is 10.1. The maximum atomic E-state index is 12.3. The first-order valence-corrected chi connectivity index (χ1v) is 7.18. The SMILES string of the molecule is Cc1ccc(O[C@@H](C)C(=O)N2CCN(C)CC2)cc1C. The topological polar surface area (TPSA) is 32.8 Å². The molecule has 1 atom stereocenters. The molecule has 0 bridgehead atoms. The molecule has 2 rings (SSSR count). The van der Waals surface area contributed by atoms with Crippen molar-refractivity contribution in [3.05, 3.63) is 29.3 Å². The Hall–Kier alpha value is -1.55. The van der Waals surface area contributed by atoms with E-state index in [0.29, 0.717) is 0 Å². The van der Waals surface area contributed by atoms with Gasteiger partial charge in [-0.3, -0.25) is 4.79 Å². The van der Waals surface area contributed by atoms with Crippen LogP contribution in [0, 0.1) is 13.8 Å². The van der Waals surface area contributed by atoms with Crippen molar-refractivity contribution in [3.8, 4) is 5.75 Å². The molecule has 1 saturated heterocycles. The molecule has 1 aromatic rings. The highest BCUT2D eigenvalue weighted by Crippen LogP contribution is 2.18. The molecule has 1 amide bonds. The van der Waals surface area contributed by atoms with Gasteiger partial charge in [-0.15, -0.1) is 0 Å². The van der Waals surface area contributed by atoms with Crippen LogP contribution in [-0.4, -0.2) is 55.0 Å². The molecular weight excluding hydrogens is 252 g/mol. The lowest BCUT2D eigenvalue weighted by molar-refractivity contribution is -0.139. The molecule has 0 aromatic heterocycles. The number of carbonyl (C=O) groups excluding carboxylic acids is 1. The second-order valence-corrected chi connectivity index (χ2v) is 5.63. The number of likely N-dealkylation sites (N-methyl/N-ethyl adjacent to an activating group) is 1. The van der Waals surface area contributed by atoms with Gasteiger partial charge in [0.1, 0.15) is 5.75 Å². The van der Waals surface area contributed by atoms with Crippen molar-refractivity contribution in [1.82, 2.24) is 9.80 Å². The van der Waals surface area contributed by atoms with Gasteiger partial charge in [-0.25, -0.2) is 0 Å². The van der Waals surface area contributed by atoms with Crippen molar-refractivity contribution in [2.45, 2.75) is 26.9 Å². The first-order valence-electron chi connectivity index (χ1n) is 7.18. The van der Waals surface area contributed by atoms with E-state index in [4.69, 9.17) is 4.74 Å². The third kappa shape index (κ3) is 3.51. The van der Waals surface area contributed by atoms with Gasteiger partial charge in [-0.2, -0.15) is 0 Å². The van der Waals surface area contributed by atoms with Crippen LogP contribution >= 0.6 is 0 Å². The number of hydrogen-bond acceptors (Lipinski definition) is 3. The largest absolute Gasteiger partial charge is 0.481 e. The molecule has 0 unspecified atom stereocenters. The van der Waals surface area contributed by atoms with Crippen LogP contribution < -0.4 is 4.74 Å². The Labute approximate surface area is 121 Å². The number of rotatable bonds is 3. The van der Waals surface area contributed by atoms with Crippen molar-refractivity contribution in [3.63, 3.8) is 0 Å². The van der Waals surface area contributed by atoms with Crippen molar-refractivity contribution < 1.29 is 9.53 Å². The van der Waals surface area contributed by atoms with Gasteiger partial charge >= 0.3 is 0 Å². The molecule has 110 valence electrons. The summed E-state index contributed by atoms with van der Waals surface area (Å²) in [5.41, 5.74) is 2.41. The standard InChI is InChI=1S/C16H24N2O2/c1-12-5-6-15(11-13(12)2)20-14(3)16(19)18-9-7-17(4)8-10-18/h5-6,11,14H,7-10H2,1-4H3/t14-/m0/s1. The van der Waals surface area contributed by atoms with E-state index >= 15 is 0 Å². The summed E-state index contributed by atoms with van der Waals surface area (Å²) < 4.78 is 5.79. The van der Waals surface area contributed by atoms with E-state index in [9.17, 15) is 4.79 Å². The third-order valence-corrected chi connectivity index (χ3v) is 3.95. The zero-order valence-corrected chi connectivity index (χ0v) is 12.8. The van der Waals surface area contributed by atoms with Crippen LogP contribution in [0.15, 0.2) is 18.2 Å². The molecule has 4 heteroatoms. The van der Waals surface area contributed by atoms with Gasteiger partial charge in [0.2, 0.25) is 0 Å². The fourth-order valence-corrected chi connectivity index (χ4v) is 2.33. The molecule has 0 radical (unpaired) electrons. The second kappa shape index (κ2) is 6.27. The number of benzene rings is 1. The smallest absolute Gasteiger partial charge is 0.263 e. The number of ether oxygens (including phenoxy) is 1. The van der Waals surface area contributed by atoms with E-state index in [1.165, 1.54) is 11.1 Å². The van der Waals surface area contributed by atoms with E-state index in [0.717, 1.165) is 31.9 Å². The third-order valence-electron chi connectivity index (χ3n) is 3.95. The number of piperazine rings is 1. The molecule has 1 aliphatic heterocycles. The highest BCUT2D eigenvalue weighted by molar-refractivity contribution is 5.81. The average Bonchev–Trinajstić information content (AvgIpc) is 2.43. The molecule has 0 spiro atoms. The second-order valence-electron chi connectivity index (χ2n) is 5.63. The summed E-state index contributed by atoms with van der Waals surface area (Å²) in [4.78, 5) is 16.5. The number of carbonyl (C=O) groups is 1. The average molecular weight is 276 g/mol. The van der Waals surface area contributed by atoms with Gasteiger partial charge in [0.15, 0.2) is 6.10 Å². The van der Waals surface area contributed by atoms with Crippen LogP contribution in [0.25, 0.3) is 0 Å². The molecular formula is C16H24N2O2. The van der Waals surface area contributed by atoms with Crippen LogP contribution in [0.4, 0.5) is 0 Å². The highest BCUT2D eigenvalue weighted by Gasteiger charge is 2.24. The van der Waals surface area contributed by atoms with Crippen molar-refractivity contribution >= 4 is 5.91 Å². The highest BCUT2D eigenvalue weighted by atomic mass is 16.5. The molecule has 1 aromatic carbocycles. The Kier molecular flexibility index (Phi) is 4.65. The van der Waals surface area contributed by atoms with Gasteiger partial charge in [0, 0.05) is 26.2 Å². The van der Waals surface area contributed by atoms with Crippen LogP contribution in [0.5, 0.6) is 5.75 Å². The van der Waals surface area contributed by atoms with Crippen LogP contribution in [0.3, 0.4) is 0 Å². The summed E-state index contributed by atoms with van der Waals surface area (Å²) >= 11 is 0. The van der Waals surface area contributed by atoms with Gasteiger partial charge in [0.05, 0.1) is 0 Å². The Balaban J connectivity index is 1.95. The maximum absolute atomic E-state index is 12.3. The normalized spacial score (nSPS) is 17.9. The molecule has 20 heavy (non-hydrogen) atoms. The maximum Gasteiger partial charge on any atom is 0.263 e. The van der Waals surface area contributed by atoms with Crippen LogP contribution in [0.1, 0.15) is 18.1 Å². The zero-order chi connectivity index (χ0) is 14.7. The van der Waals surface area contributed by atoms with E-state index in [-0.39, 0.29) is 5.91 Å². The lowest BCUT2D eigenvalue weighted by Gasteiger charge is -2.33. The zero-order valence-electron chi connectivity index (χ0n) is 12.8. The van der Waals surface area contributed by atoms with Gasteiger partial charge in [-0.1, -0.05) is 6.07 Å². The predicted molar refractivity (Wildman–Crippen MR) is 80.1 cm³/mol. The van der Waals surface area contributed by atoms with Gasteiger partial charge in [0.25, 0.3) is 5.91 Å². The Morgan fingerprint density at radius 1 is 1.15 bits per heavy atom. The number of hydrogen-bond donors (Lipinski definition) is 0. The Bertz CT molecular complexity index is 479. The molecule has 1 fully saturated rings. The van der Waals surface area contributed by atoms with Crippen molar-refractivity contribution in [2.75, 3.05) is 33.2 Å². The van der Waals surface area contributed by atoms with Crippen molar-refractivity contribution in [1.29, 1.82) is 0 Å². The Morgan fingerprint density at radius 3 is 2.40 bits per heavy atom. The van der Waals surface area contributed by atoms with Crippen molar-refractivity contribution in [2.24, 2.45) is 0 Å². The minimum atomic E-state index is -0.430. The van der Waals surface area contributed by atoms with E-state index in [1.54, 1.807) is 0 Å². The van der Waals surface area contributed by atoms with Gasteiger partial charge in [-0.05, 0) is 51.1 Å². The molecule has 0 saturated carbocycles. The lowest BCUT2D eigenvalue weighted by Crippen LogP contribution is -2.50. The summed E-state index contributed by atoms with van der Waals surface area (Å²) in [5.74, 6) is 0.847. The summed E-state index contributed by atoms with van der Waals surface area (Å²) in [6, 6.07) is 5.94. The first kappa shape index (κ1) is 14.9. The monoisotopic (exact) mass is 276 g/mol. The molecule has 1 heterocycles. The summed E-state index contributed by atoms with van der Waals surface area (Å²) in [7, 11) is 2.08. The van der Waals surface area contributed by atoms with Crippen LogP contribution in [-0.2, 0) is 4.79 Å². The molecule has 4 nitrogen and oxygen atoms in total. The quantitative estimate of drug-likeness (QED) is 0.844. The molecule has 1 aliphatic rings.